The molecular weight excluding hydrogens is 392 g/mol. The van der Waals surface area contributed by atoms with Gasteiger partial charge in [-0.1, -0.05) is 30.0 Å². The van der Waals surface area contributed by atoms with Gasteiger partial charge in [-0.3, -0.25) is 9.59 Å². The van der Waals surface area contributed by atoms with Gasteiger partial charge < -0.3 is 10.1 Å². The van der Waals surface area contributed by atoms with E-state index in [1.165, 1.54) is 23.1 Å². The van der Waals surface area contributed by atoms with Gasteiger partial charge in [0.2, 0.25) is 5.91 Å². The average Bonchev–Trinajstić information content (AvgIpc) is 3.15. The highest BCUT2D eigenvalue weighted by Crippen LogP contribution is 2.24. The van der Waals surface area contributed by atoms with Crippen LogP contribution in [0.2, 0.25) is 0 Å². The number of aryl methyl sites for hydroxylation is 1. The first-order valence-corrected chi connectivity index (χ1v) is 10.5. The number of nitrogens with one attached hydrogen (secondary N) is 1. The van der Waals surface area contributed by atoms with Gasteiger partial charge in [0.1, 0.15) is 5.75 Å². The van der Waals surface area contributed by atoms with Crippen LogP contribution < -0.4 is 10.1 Å². The Balaban J connectivity index is 1.51. The molecule has 0 spiro atoms. The molecule has 3 aromatic rings. The van der Waals surface area contributed by atoms with Crippen LogP contribution in [0, 0.1) is 6.92 Å². The molecule has 0 saturated carbocycles. The van der Waals surface area contributed by atoms with E-state index in [0.717, 1.165) is 21.3 Å². The Morgan fingerprint density at radius 1 is 1.14 bits per heavy atom. The maximum Gasteiger partial charge on any atom is 0.230 e. The molecule has 3 rings (SSSR count). The summed E-state index contributed by atoms with van der Waals surface area (Å²) in [6.07, 6.45) is 0.206. The summed E-state index contributed by atoms with van der Waals surface area (Å²) < 4.78 is 5.88. The van der Waals surface area contributed by atoms with E-state index in [1.807, 2.05) is 36.6 Å². The van der Waals surface area contributed by atoms with Crippen LogP contribution in [-0.2, 0) is 11.2 Å². The summed E-state index contributed by atoms with van der Waals surface area (Å²) in [6.45, 7) is 1.95. The highest BCUT2D eigenvalue weighted by molar-refractivity contribution is 8.01. The average molecular weight is 413 g/mol. The number of para-hydroxylation sites is 1. The minimum absolute atomic E-state index is 0.0294. The van der Waals surface area contributed by atoms with Crippen molar-refractivity contribution in [2.75, 3.05) is 18.2 Å². The van der Waals surface area contributed by atoms with Gasteiger partial charge in [0.15, 0.2) is 10.1 Å². The molecule has 1 N–H and O–H groups in total. The number of amides is 1. The normalized spacial score (nSPS) is 10.5. The number of anilines is 1. The number of carbonyl (C=O) groups is 2. The number of benzene rings is 2. The van der Waals surface area contributed by atoms with Gasteiger partial charge in [0.05, 0.1) is 25.0 Å². The Hall–Kier alpha value is -2.64. The van der Waals surface area contributed by atoms with Gasteiger partial charge in [-0.2, -0.15) is 0 Å². The highest BCUT2D eigenvalue weighted by atomic mass is 32.2. The molecule has 0 aliphatic heterocycles. The number of hydrogen-bond donors (Lipinski definition) is 1. The lowest BCUT2D eigenvalue weighted by Gasteiger charge is -2.06. The molecule has 144 valence electrons. The molecule has 0 saturated heterocycles. The van der Waals surface area contributed by atoms with Crippen molar-refractivity contribution in [1.29, 1.82) is 0 Å². The Morgan fingerprint density at radius 2 is 1.89 bits per heavy atom. The van der Waals surface area contributed by atoms with Crippen molar-refractivity contribution in [2.24, 2.45) is 0 Å². The predicted molar refractivity (Wildman–Crippen MR) is 114 cm³/mol. The topological polar surface area (TPSA) is 68.3 Å². The van der Waals surface area contributed by atoms with Crippen LogP contribution in [-0.4, -0.2) is 29.5 Å². The molecule has 2 aromatic carbocycles. The van der Waals surface area contributed by atoms with Crippen molar-refractivity contribution >= 4 is 40.5 Å². The molecule has 5 nitrogen and oxygen atoms in total. The first kappa shape index (κ1) is 20.1. The van der Waals surface area contributed by atoms with E-state index in [-0.39, 0.29) is 18.1 Å². The van der Waals surface area contributed by atoms with Crippen LogP contribution >= 0.6 is 23.1 Å². The summed E-state index contributed by atoms with van der Waals surface area (Å²) in [5.41, 5.74) is 3.17. The van der Waals surface area contributed by atoms with Crippen LogP contribution in [0.4, 0.5) is 5.69 Å². The Bertz CT molecular complexity index is 968. The summed E-state index contributed by atoms with van der Waals surface area (Å²) >= 11 is 2.83. The second-order valence-electron chi connectivity index (χ2n) is 6.08. The van der Waals surface area contributed by atoms with E-state index >= 15 is 0 Å². The maximum absolute atomic E-state index is 12.3. The van der Waals surface area contributed by atoms with E-state index in [0.29, 0.717) is 17.0 Å². The fraction of sp³-hybridized carbons (Fsp3) is 0.190. The van der Waals surface area contributed by atoms with Crippen LogP contribution in [0.15, 0.2) is 58.3 Å². The smallest absolute Gasteiger partial charge is 0.230 e. The minimum Gasteiger partial charge on any atom is -0.497 e. The molecule has 0 atom stereocenters. The molecule has 7 heteroatoms. The van der Waals surface area contributed by atoms with Crippen molar-refractivity contribution < 1.29 is 14.3 Å². The zero-order valence-electron chi connectivity index (χ0n) is 15.6. The van der Waals surface area contributed by atoms with Crippen LogP contribution in [0.5, 0.6) is 5.75 Å². The first-order valence-electron chi connectivity index (χ1n) is 8.65. The SMILES string of the molecule is COc1ccc(C(=O)CSc2nc(CC(=O)Nc3ccccc3C)cs2)cc1. The van der Waals surface area contributed by atoms with Crippen LogP contribution in [0.3, 0.4) is 0 Å². The number of thioether (sulfide) groups is 1. The Kier molecular flexibility index (Phi) is 6.84. The first-order chi connectivity index (χ1) is 13.5. The monoisotopic (exact) mass is 412 g/mol. The van der Waals surface area contributed by atoms with Crippen molar-refractivity contribution in [1.82, 2.24) is 4.98 Å². The third-order valence-electron chi connectivity index (χ3n) is 4.03. The highest BCUT2D eigenvalue weighted by Gasteiger charge is 2.12. The number of aromatic nitrogens is 1. The summed E-state index contributed by atoms with van der Waals surface area (Å²) in [4.78, 5) is 29.0. The number of rotatable bonds is 8. The number of ketones is 1. The van der Waals surface area contributed by atoms with E-state index in [9.17, 15) is 9.59 Å². The molecule has 0 bridgehead atoms. The third kappa shape index (κ3) is 5.43. The molecule has 0 aliphatic carbocycles. The number of Topliss-reactive ketones (excluding diaryl/α,β-unsaturated/α-hetero) is 1. The van der Waals surface area contributed by atoms with Gasteiger partial charge in [0, 0.05) is 16.6 Å². The third-order valence-corrected chi connectivity index (χ3v) is 6.10. The molecule has 1 amide bonds. The summed E-state index contributed by atoms with van der Waals surface area (Å²) in [5.74, 6) is 0.944. The van der Waals surface area contributed by atoms with E-state index in [1.54, 1.807) is 31.4 Å². The standard InChI is InChI=1S/C21H20N2O3S2/c1-14-5-3-4-6-18(14)23-20(25)11-16-12-27-21(22-16)28-13-19(24)15-7-9-17(26-2)10-8-15/h3-10,12H,11,13H2,1-2H3,(H,23,25). The largest absolute Gasteiger partial charge is 0.497 e. The lowest BCUT2D eigenvalue weighted by molar-refractivity contribution is -0.115. The quantitative estimate of drug-likeness (QED) is 0.432. The molecular formula is C21H20N2O3S2. The van der Waals surface area contributed by atoms with E-state index in [2.05, 4.69) is 10.3 Å². The molecule has 0 fully saturated rings. The number of thiazole rings is 1. The predicted octanol–water partition coefficient (Wildman–Crippen LogP) is 4.62. The molecule has 1 heterocycles. The molecule has 0 unspecified atom stereocenters. The second kappa shape index (κ2) is 9.52. The zero-order valence-corrected chi connectivity index (χ0v) is 17.2. The van der Waals surface area contributed by atoms with E-state index < -0.39 is 0 Å². The van der Waals surface area contributed by atoms with Crippen molar-refractivity contribution in [3.8, 4) is 5.75 Å². The summed E-state index contributed by atoms with van der Waals surface area (Å²) in [6, 6.07) is 14.7. The Labute approximate surface area is 172 Å². The van der Waals surface area contributed by atoms with E-state index in [4.69, 9.17) is 4.74 Å². The lowest BCUT2D eigenvalue weighted by atomic mass is 10.1. The summed E-state index contributed by atoms with van der Waals surface area (Å²) in [7, 11) is 1.59. The maximum atomic E-state index is 12.3. The molecule has 0 radical (unpaired) electrons. The minimum atomic E-state index is -0.106. The number of carbonyl (C=O) groups excluding carboxylic acids is 2. The molecule has 28 heavy (non-hydrogen) atoms. The summed E-state index contributed by atoms with van der Waals surface area (Å²) in [5, 5.41) is 4.76. The fourth-order valence-electron chi connectivity index (χ4n) is 2.50. The number of hydrogen-bond acceptors (Lipinski definition) is 6. The van der Waals surface area contributed by atoms with Gasteiger partial charge in [-0.05, 0) is 42.8 Å². The van der Waals surface area contributed by atoms with Crippen molar-refractivity contribution in [2.45, 2.75) is 17.7 Å². The molecule has 1 aromatic heterocycles. The van der Waals surface area contributed by atoms with Gasteiger partial charge in [-0.15, -0.1) is 11.3 Å². The van der Waals surface area contributed by atoms with Gasteiger partial charge in [0.25, 0.3) is 0 Å². The number of nitrogens with zero attached hydrogens (tertiary/aromatic N) is 1. The number of methoxy groups -OCH3 is 1. The van der Waals surface area contributed by atoms with Crippen molar-refractivity contribution in [3.63, 3.8) is 0 Å². The van der Waals surface area contributed by atoms with Crippen LogP contribution in [0.25, 0.3) is 0 Å². The number of ether oxygens (including phenoxy) is 1. The fourth-order valence-corrected chi connectivity index (χ4v) is 4.23. The Morgan fingerprint density at radius 3 is 2.61 bits per heavy atom. The zero-order chi connectivity index (χ0) is 19.9. The lowest BCUT2D eigenvalue weighted by Crippen LogP contribution is -2.15. The van der Waals surface area contributed by atoms with Gasteiger partial charge in [-0.25, -0.2) is 4.98 Å². The van der Waals surface area contributed by atoms with Crippen LogP contribution in [0.1, 0.15) is 21.6 Å². The van der Waals surface area contributed by atoms with Crippen molar-refractivity contribution in [3.05, 3.63) is 70.7 Å². The second-order valence-corrected chi connectivity index (χ2v) is 8.17. The molecule has 0 aliphatic rings. The van der Waals surface area contributed by atoms with Gasteiger partial charge >= 0.3 is 0 Å².